The molecule has 11 heteroatoms. The molecule has 0 saturated carbocycles. The number of halogens is 2. The van der Waals surface area contributed by atoms with Crippen LogP contribution in [0.15, 0.2) is 28.9 Å². The smallest absolute Gasteiger partial charge is 0.349 e. The van der Waals surface area contributed by atoms with E-state index in [0.717, 1.165) is 6.20 Å². The number of rotatable bonds is 4. The molecule has 1 heterocycles. The van der Waals surface area contributed by atoms with Gasteiger partial charge in [0.05, 0.1) is 14.3 Å². The van der Waals surface area contributed by atoms with E-state index in [2.05, 4.69) is 25.9 Å². The van der Waals surface area contributed by atoms with Gasteiger partial charge in [0.2, 0.25) is 11.0 Å². The second-order valence-electron chi connectivity index (χ2n) is 3.53. The monoisotopic (exact) mass is 374 g/mol. The Morgan fingerprint density at radius 3 is 2.48 bits per heavy atom. The standard InChI is InChI=1S/C10H4BrClN4O5/c11-5-2-1-3-6(15(17)18)8(5)21-9-7(16(19)20)4-13-10(12)14-9/h1-4H. The summed E-state index contributed by atoms with van der Waals surface area (Å²) < 4.78 is 5.45. The van der Waals surface area contributed by atoms with Gasteiger partial charge in [-0.05, 0) is 33.6 Å². The summed E-state index contributed by atoms with van der Waals surface area (Å²) in [7, 11) is 0. The highest BCUT2D eigenvalue weighted by molar-refractivity contribution is 9.10. The number of nitro groups is 2. The van der Waals surface area contributed by atoms with Crippen LogP contribution in [0.2, 0.25) is 5.28 Å². The van der Waals surface area contributed by atoms with E-state index in [4.69, 9.17) is 16.3 Å². The molecule has 1 aromatic heterocycles. The van der Waals surface area contributed by atoms with Crippen molar-refractivity contribution >= 4 is 38.9 Å². The molecule has 2 rings (SSSR count). The molecule has 0 spiro atoms. The van der Waals surface area contributed by atoms with Crippen LogP contribution < -0.4 is 4.74 Å². The number of nitrogens with zero attached hydrogens (tertiary/aromatic N) is 4. The van der Waals surface area contributed by atoms with Crippen LogP contribution in [0.5, 0.6) is 11.6 Å². The average molecular weight is 376 g/mol. The summed E-state index contributed by atoms with van der Waals surface area (Å²) in [4.78, 5) is 27.4. The Balaban J connectivity index is 2.55. The van der Waals surface area contributed by atoms with Crippen LogP contribution >= 0.6 is 27.5 Å². The van der Waals surface area contributed by atoms with E-state index in [1.165, 1.54) is 18.2 Å². The van der Waals surface area contributed by atoms with Gasteiger partial charge in [-0.25, -0.2) is 4.98 Å². The number of benzene rings is 1. The quantitative estimate of drug-likeness (QED) is 0.455. The van der Waals surface area contributed by atoms with Gasteiger partial charge in [-0.2, -0.15) is 4.98 Å². The number of aromatic nitrogens is 2. The van der Waals surface area contributed by atoms with Crippen molar-refractivity contribution in [2.24, 2.45) is 0 Å². The molecule has 0 atom stereocenters. The van der Waals surface area contributed by atoms with E-state index in [1.807, 2.05) is 0 Å². The van der Waals surface area contributed by atoms with Gasteiger partial charge >= 0.3 is 17.3 Å². The molecule has 0 aliphatic rings. The Bertz CT molecular complexity index is 741. The first-order valence-corrected chi connectivity index (χ1v) is 6.35. The zero-order valence-corrected chi connectivity index (χ0v) is 12.2. The largest absolute Gasteiger partial charge is 0.425 e. The van der Waals surface area contributed by atoms with Crippen molar-refractivity contribution in [2.45, 2.75) is 0 Å². The zero-order valence-electron chi connectivity index (χ0n) is 9.90. The lowest BCUT2D eigenvalue weighted by molar-refractivity contribution is -0.388. The Morgan fingerprint density at radius 2 is 1.86 bits per heavy atom. The first-order valence-electron chi connectivity index (χ1n) is 5.18. The number of para-hydroxylation sites is 1. The van der Waals surface area contributed by atoms with Crippen LogP contribution in [0.25, 0.3) is 0 Å². The highest BCUT2D eigenvalue weighted by atomic mass is 79.9. The van der Waals surface area contributed by atoms with E-state index >= 15 is 0 Å². The zero-order chi connectivity index (χ0) is 15.6. The van der Waals surface area contributed by atoms with Crippen LogP contribution in [0.1, 0.15) is 0 Å². The van der Waals surface area contributed by atoms with Gasteiger partial charge in [0.25, 0.3) is 0 Å². The summed E-state index contributed by atoms with van der Waals surface area (Å²) in [6, 6.07) is 4.10. The van der Waals surface area contributed by atoms with Crippen LogP contribution in [-0.4, -0.2) is 19.8 Å². The molecule has 0 fully saturated rings. The summed E-state index contributed by atoms with van der Waals surface area (Å²) in [6.07, 6.45) is 0.855. The third-order valence-electron chi connectivity index (χ3n) is 2.24. The van der Waals surface area contributed by atoms with Crippen molar-refractivity contribution < 1.29 is 14.6 Å². The Hall–Kier alpha value is -2.33. The number of hydrogen-bond acceptors (Lipinski definition) is 7. The van der Waals surface area contributed by atoms with Gasteiger partial charge in [-0.1, -0.05) is 6.07 Å². The van der Waals surface area contributed by atoms with E-state index in [0.29, 0.717) is 0 Å². The molecule has 0 aliphatic heterocycles. The summed E-state index contributed by atoms with van der Waals surface area (Å²) >= 11 is 8.64. The van der Waals surface area contributed by atoms with E-state index in [1.54, 1.807) is 0 Å². The Labute approximate surface area is 130 Å². The molecule has 0 amide bonds. The van der Waals surface area contributed by atoms with Gasteiger partial charge in [0.1, 0.15) is 6.20 Å². The highest BCUT2D eigenvalue weighted by Gasteiger charge is 2.25. The third kappa shape index (κ3) is 3.23. The number of hydrogen-bond donors (Lipinski definition) is 0. The minimum absolute atomic E-state index is 0.222. The molecule has 0 bridgehead atoms. The van der Waals surface area contributed by atoms with Gasteiger partial charge in [0, 0.05) is 6.07 Å². The minimum Gasteiger partial charge on any atom is -0.425 e. The molecule has 0 aliphatic carbocycles. The molecular weight excluding hydrogens is 371 g/mol. The molecule has 1 aromatic carbocycles. The van der Waals surface area contributed by atoms with Gasteiger partial charge in [-0.3, -0.25) is 20.2 Å². The molecule has 9 nitrogen and oxygen atoms in total. The van der Waals surface area contributed by atoms with Crippen LogP contribution in [0.4, 0.5) is 11.4 Å². The SMILES string of the molecule is O=[N+]([O-])c1cnc(Cl)nc1Oc1c(Br)cccc1[N+](=O)[O-]. The fraction of sp³-hybridized carbons (Fsp3) is 0. The Morgan fingerprint density at radius 1 is 1.19 bits per heavy atom. The van der Waals surface area contributed by atoms with Crippen molar-refractivity contribution in [3.63, 3.8) is 0 Å². The maximum atomic E-state index is 11.0. The van der Waals surface area contributed by atoms with Crippen molar-refractivity contribution in [3.05, 3.63) is 54.4 Å². The van der Waals surface area contributed by atoms with Gasteiger partial charge in [-0.15, -0.1) is 0 Å². The van der Waals surface area contributed by atoms with E-state index in [-0.39, 0.29) is 21.2 Å². The second-order valence-corrected chi connectivity index (χ2v) is 4.73. The summed E-state index contributed by atoms with van der Waals surface area (Å²) in [5, 5.41) is 21.6. The predicted molar refractivity (Wildman–Crippen MR) is 74.6 cm³/mol. The highest BCUT2D eigenvalue weighted by Crippen LogP contribution is 2.39. The molecule has 108 valence electrons. The maximum Gasteiger partial charge on any atom is 0.349 e. The lowest BCUT2D eigenvalue weighted by Crippen LogP contribution is -2.00. The lowest BCUT2D eigenvalue weighted by Gasteiger charge is -2.07. The lowest BCUT2D eigenvalue weighted by atomic mass is 10.3. The molecule has 0 N–H and O–H groups in total. The molecule has 21 heavy (non-hydrogen) atoms. The molecule has 0 saturated heterocycles. The van der Waals surface area contributed by atoms with Crippen LogP contribution in [-0.2, 0) is 0 Å². The van der Waals surface area contributed by atoms with Crippen molar-refractivity contribution in [1.29, 1.82) is 0 Å². The number of ether oxygens (including phenoxy) is 1. The normalized spacial score (nSPS) is 10.2. The molecule has 0 radical (unpaired) electrons. The van der Waals surface area contributed by atoms with Gasteiger partial charge in [0.15, 0.2) is 0 Å². The molecule has 0 unspecified atom stereocenters. The van der Waals surface area contributed by atoms with E-state index in [9.17, 15) is 20.2 Å². The number of nitro benzene ring substituents is 1. The summed E-state index contributed by atoms with van der Waals surface area (Å²) in [6.45, 7) is 0. The predicted octanol–water partition coefficient (Wildman–Crippen LogP) is 3.50. The third-order valence-corrected chi connectivity index (χ3v) is 3.05. The first-order chi connectivity index (χ1) is 9.90. The van der Waals surface area contributed by atoms with Crippen molar-refractivity contribution in [3.8, 4) is 11.6 Å². The fourth-order valence-electron chi connectivity index (χ4n) is 1.38. The first kappa shape index (κ1) is 15.1. The van der Waals surface area contributed by atoms with Crippen LogP contribution in [0.3, 0.4) is 0 Å². The average Bonchev–Trinajstić information content (AvgIpc) is 2.40. The molecular formula is C10H4BrClN4O5. The topological polar surface area (TPSA) is 121 Å². The second kappa shape index (κ2) is 5.97. The van der Waals surface area contributed by atoms with Crippen molar-refractivity contribution in [2.75, 3.05) is 0 Å². The molecule has 2 aromatic rings. The van der Waals surface area contributed by atoms with Gasteiger partial charge < -0.3 is 4.74 Å². The summed E-state index contributed by atoms with van der Waals surface area (Å²) in [5.41, 5.74) is -0.946. The van der Waals surface area contributed by atoms with Crippen LogP contribution in [0, 0.1) is 20.2 Å². The van der Waals surface area contributed by atoms with E-state index < -0.39 is 21.4 Å². The van der Waals surface area contributed by atoms with Crippen molar-refractivity contribution in [1.82, 2.24) is 9.97 Å². The summed E-state index contributed by atoms with van der Waals surface area (Å²) in [5.74, 6) is -0.713. The maximum absolute atomic E-state index is 11.0. The Kier molecular flexibility index (Phi) is 4.29. The minimum atomic E-state index is -0.783. The fourth-order valence-corrected chi connectivity index (χ4v) is 1.94.